The fraction of sp³-hybridized carbons (Fsp3) is 0.353. The van der Waals surface area contributed by atoms with E-state index in [9.17, 15) is 0 Å². The van der Waals surface area contributed by atoms with Gasteiger partial charge in [0, 0.05) is 18.8 Å². The molecule has 1 aliphatic carbocycles. The molecule has 2 heteroatoms. The Labute approximate surface area is 114 Å². The van der Waals surface area contributed by atoms with Gasteiger partial charge in [-0.25, -0.2) is 0 Å². The highest BCUT2D eigenvalue weighted by atomic mass is 14.9. The van der Waals surface area contributed by atoms with Crippen molar-refractivity contribution in [3.05, 3.63) is 65.5 Å². The zero-order valence-electron chi connectivity index (χ0n) is 11.3. The van der Waals surface area contributed by atoms with Crippen molar-refractivity contribution in [2.45, 2.75) is 38.3 Å². The maximum Gasteiger partial charge on any atom is 0.0570 e. The number of nitrogens with zero attached hydrogens (tertiary/aromatic N) is 1. The van der Waals surface area contributed by atoms with E-state index in [-0.39, 0.29) is 6.04 Å². The molecule has 0 spiro atoms. The lowest BCUT2D eigenvalue weighted by molar-refractivity contribution is 0.561. The third kappa shape index (κ3) is 3.21. The van der Waals surface area contributed by atoms with Gasteiger partial charge in [-0.05, 0) is 48.9 Å². The summed E-state index contributed by atoms with van der Waals surface area (Å²) in [6.07, 6.45) is 4.58. The Bertz CT molecular complexity index is 515. The van der Waals surface area contributed by atoms with Gasteiger partial charge in [0.2, 0.25) is 0 Å². The Hall–Kier alpha value is -1.67. The zero-order valence-corrected chi connectivity index (χ0v) is 11.3. The molecule has 0 radical (unpaired) electrons. The van der Waals surface area contributed by atoms with E-state index in [1.54, 1.807) is 0 Å². The van der Waals surface area contributed by atoms with Crippen molar-refractivity contribution in [3.8, 4) is 0 Å². The van der Waals surface area contributed by atoms with E-state index < -0.39 is 0 Å². The molecule has 0 saturated heterocycles. The SMILES string of the molecule is CC(NCc1ccc(C2CC2)cc1)c1ccccn1. The summed E-state index contributed by atoms with van der Waals surface area (Å²) in [5.74, 6) is 0.842. The van der Waals surface area contributed by atoms with Gasteiger partial charge >= 0.3 is 0 Å². The number of rotatable bonds is 5. The molecule has 98 valence electrons. The summed E-state index contributed by atoms with van der Waals surface area (Å²) in [4.78, 5) is 4.37. The summed E-state index contributed by atoms with van der Waals surface area (Å²) >= 11 is 0. The number of nitrogens with one attached hydrogen (secondary N) is 1. The minimum Gasteiger partial charge on any atom is -0.305 e. The number of hydrogen-bond acceptors (Lipinski definition) is 2. The van der Waals surface area contributed by atoms with Crippen molar-refractivity contribution in [3.63, 3.8) is 0 Å². The minimum atomic E-state index is 0.282. The molecule has 1 N–H and O–H groups in total. The predicted octanol–water partition coefficient (Wildman–Crippen LogP) is 3.81. The van der Waals surface area contributed by atoms with Crippen LogP contribution in [0.15, 0.2) is 48.7 Å². The molecule has 2 aromatic rings. The Morgan fingerprint density at radius 1 is 1.16 bits per heavy atom. The molecule has 3 rings (SSSR count). The molecule has 1 unspecified atom stereocenters. The van der Waals surface area contributed by atoms with Crippen LogP contribution >= 0.6 is 0 Å². The first-order valence-corrected chi connectivity index (χ1v) is 7.06. The maximum atomic E-state index is 4.37. The molecule has 0 aliphatic heterocycles. The number of hydrogen-bond donors (Lipinski definition) is 1. The molecule has 2 nitrogen and oxygen atoms in total. The van der Waals surface area contributed by atoms with Gasteiger partial charge in [-0.1, -0.05) is 30.3 Å². The van der Waals surface area contributed by atoms with Crippen LogP contribution in [-0.2, 0) is 6.54 Å². The number of benzene rings is 1. The molecular weight excluding hydrogens is 232 g/mol. The van der Waals surface area contributed by atoms with Crippen LogP contribution in [0.5, 0.6) is 0 Å². The van der Waals surface area contributed by atoms with Gasteiger partial charge < -0.3 is 5.32 Å². The molecule has 19 heavy (non-hydrogen) atoms. The van der Waals surface area contributed by atoms with Crippen LogP contribution in [0.3, 0.4) is 0 Å². The average molecular weight is 252 g/mol. The van der Waals surface area contributed by atoms with Crippen LogP contribution in [0.1, 0.15) is 48.5 Å². The second-order valence-corrected chi connectivity index (χ2v) is 5.37. The van der Waals surface area contributed by atoms with Crippen molar-refractivity contribution in [1.82, 2.24) is 10.3 Å². The molecular formula is C17H20N2. The van der Waals surface area contributed by atoms with Gasteiger partial charge in [-0.15, -0.1) is 0 Å². The van der Waals surface area contributed by atoms with Crippen LogP contribution in [0.4, 0.5) is 0 Å². The largest absolute Gasteiger partial charge is 0.305 e. The second kappa shape index (κ2) is 5.54. The summed E-state index contributed by atoms with van der Waals surface area (Å²) < 4.78 is 0. The Morgan fingerprint density at radius 3 is 2.58 bits per heavy atom. The molecule has 1 aromatic heterocycles. The standard InChI is InChI=1S/C17H20N2/c1-13(17-4-2-3-11-18-17)19-12-14-5-7-15(8-6-14)16-9-10-16/h2-8,11,13,16,19H,9-10,12H2,1H3. The van der Waals surface area contributed by atoms with Gasteiger partial charge in [-0.3, -0.25) is 4.98 Å². The predicted molar refractivity (Wildman–Crippen MR) is 77.9 cm³/mol. The number of pyridine rings is 1. The van der Waals surface area contributed by atoms with Crippen molar-refractivity contribution >= 4 is 0 Å². The third-order valence-electron chi connectivity index (χ3n) is 3.77. The molecule has 1 atom stereocenters. The van der Waals surface area contributed by atoms with E-state index >= 15 is 0 Å². The van der Waals surface area contributed by atoms with Gasteiger partial charge in [0.25, 0.3) is 0 Å². The summed E-state index contributed by atoms with van der Waals surface area (Å²) in [7, 11) is 0. The quantitative estimate of drug-likeness (QED) is 0.875. The van der Waals surface area contributed by atoms with Crippen molar-refractivity contribution < 1.29 is 0 Å². The lowest BCUT2D eigenvalue weighted by Crippen LogP contribution is -2.18. The molecule has 0 amide bonds. The Balaban J connectivity index is 1.56. The summed E-state index contributed by atoms with van der Waals surface area (Å²) in [5, 5.41) is 3.52. The molecule has 1 heterocycles. The first-order valence-electron chi connectivity index (χ1n) is 7.06. The van der Waals surface area contributed by atoms with Crippen LogP contribution in [0, 0.1) is 0 Å². The summed E-state index contributed by atoms with van der Waals surface area (Å²) in [5.41, 5.74) is 3.94. The topological polar surface area (TPSA) is 24.9 Å². The first kappa shape index (κ1) is 12.4. The Morgan fingerprint density at radius 2 is 1.95 bits per heavy atom. The first-order chi connectivity index (χ1) is 9.33. The zero-order chi connectivity index (χ0) is 13.1. The number of aromatic nitrogens is 1. The molecule has 1 fully saturated rings. The van der Waals surface area contributed by atoms with Crippen molar-refractivity contribution in [1.29, 1.82) is 0 Å². The highest BCUT2D eigenvalue weighted by molar-refractivity contribution is 5.28. The van der Waals surface area contributed by atoms with Crippen LogP contribution < -0.4 is 5.32 Å². The highest BCUT2D eigenvalue weighted by Gasteiger charge is 2.22. The van der Waals surface area contributed by atoms with Crippen LogP contribution in [0.25, 0.3) is 0 Å². The fourth-order valence-corrected chi connectivity index (χ4v) is 2.33. The monoisotopic (exact) mass is 252 g/mol. The van der Waals surface area contributed by atoms with Crippen molar-refractivity contribution in [2.24, 2.45) is 0 Å². The van der Waals surface area contributed by atoms with Crippen molar-refractivity contribution in [2.75, 3.05) is 0 Å². The van der Waals surface area contributed by atoms with E-state index in [1.807, 2.05) is 18.3 Å². The van der Waals surface area contributed by atoms with E-state index in [1.165, 1.54) is 24.0 Å². The molecule has 1 aromatic carbocycles. The van der Waals surface area contributed by atoms with Gasteiger partial charge in [0.15, 0.2) is 0 Å². The summed E-state index contributed by atoms with van der Waals surface area (Å²) in [6, 6.07) is 15.4. The van der Waals surface area contributed by atoms with Gasteiger partial charge in [0.1, 0.15) is 0 Å². The maximum absolute atomic E-state index is 4.37. The molecule has 0 bridgehead atoms. The Kier molecular flexibility index (Phi) is 3.60. The van der Waals surface area contributed by atoms with E-state index in [0.717, 1.165) is 18.2 Å². The van der Waals surface area contributed by atoms with E-state index in [0.29, 0.717) is 0 Å². The molecule has 1 aliphatic rings. The highest BCUT2D eigenvalue weighted by Crippen LogP contribution is 2.39. The lowest BCUT2D eigenvalue weighted by atomic mass is 10.1. The second-order valence-electron chi connectivity index (χ2n) is 5.37. The fourth-order valence-electron chi connectivity index (χ4n) is 2.33. The van der Waals surface area contributed by atoms with Gasteiger partial charge in [0.05, 0.1) is 5.69 Å². The molecule has 1 saturated carbocycles. The van der Waals surface area contributed by atoms with E-state index in [4.69, 9.17) is 0 Å². The average Bonchev–Trinajstić information content (AvgIpc) is 3.31. The third-order valence-corrected chi connectivity index (χ3v) is 3.77. The normalized spacial score (nSPS) is 16.3. The van der Waals surface area contributed by atoms with Gasteiger partial charge in [-0.2, -0.15) is 0 Å². The lowest BCUT2D eigenvalue weighted by Gasteiger charge is -2.13. The smallest absolute Gasteiger partial charge is 0.0570 e. The minimum absolute atomic E-state index is 0.282. The van der Waals surface area contributed by atoms with E-state index in [2.05, 4.69) is 47.6 Å². The summed E-state index contributed by atoms with van der Waals surface area (Å²) in [6.45, 7) is 3.05. The van der Waals surface area contributed by atoms with Crippen LogP contribution in [-0.4, -0.2) is 4.98 Å². The van der Waals surface area contributed by atoms with Crippen LogP contribution in [0.2, 0.25) is 0 Å².